The molecule has 1 aliphatic rings. The smallest absolute Gasteiger partial charge is 0.0404 e. The summed E-state index contributed by atoms with van der Waals surface area (Å²) in [5, 5.41) is 0. The molecular weight excluding hydrogens is 206 g/mol. The van der Waals surface area contributed by atoms with Crippen LogP contribution >= 0.6 is 11.6 Å². The summed E-state index contributed by atoms with van der Waals surface area (Å²) in [5.74, 6) is 0.607. The molecule has 0 atom stereocenters. The molecule has 0 fully saturated rings. The van der Waals surface area contributed by atoms with Gasteiger partial charge in [-0.3, -0.25) is 0 Å². The molecule has 2 rings (SSSR count). The predicted molar refractivity (Wildman–Crippen MR) is 66.8 cm³/mol. The number of nitrogens with zero attached hydrogens (tertiary/aromatic N) is 1. The molecule has 2 heteroatoms. The number of anilines is 1. The Kier molecular flexibility index (Phi) is 3.68. The fourth-order valence-corrected chi connectivity index (χ4v) is 2.19. The quantitative estimate of drug-likeness (QED) is 0.560. The lowest BCUT2D eigenvalue weighted by atomic mass is 10.0. The second-order valence-corrected chi connectivity index (χ2v) is 4.11. The van der Waals surface area contributed by atoms with Crippen molar-refractivity contribution < 1.29 is 0 Å². The summed E-state index contributed by atoms with van der Waals surface area (Å²) < 4.78 is 0. The summed E-state index contributed by atoms with van der Waals surface area (Å²) >= 11 is 5.61. The summed E-state index contributed by atoms with van der Waals surface area (Å²) in [6.07, 6.45) is 6.63. The highest BCUT2D eigenvalue weighted by Gasteiger charge is 2.14. The summed E-state index contributed by atoms with van der Waals surface area (Å²) in [7, 11) is 0. The van der Waals surface area contributed by atoms with Gasteiger partial charge in [0.05, 0.1) is 0 Å². The third kappa shape index (κ3) is 2.54. The number of allylic oxidation sites excluding steroid dienone is 1. The fourth-order valence-electron chi connectivity index (χ4n) is 2.07. The molecule has 1 aromatic rings. The van der Waals surface area contributed by atoms with Crippen LogP contribution in [0.3, 0.4) is 0 Å². The van der Waals surface area contributed by atoms with Crippen molar-refractivity contribution in [3.8, 4) is 0 Å². The molecule has 0 aliphatic carbocycles. The van der Waals surface area contributed by atoms with Gasteiger partial charge in [0.25, 0.3) is 0 Å². The molecule has 1 heterocycles. The van der Waals surface area contributed by atoms with Gasteiger partial charge < -0.3 is 4.90 Å². The van der Waals surface area contributed by atoms with Crippen LogP contribution < -0.4 is 4.90 Å². The van der Waals surface area contributed by atoms with Gasteiger partial charge in [0.2, 0.25) is 0 Å². The Morgan fingerprint density at radius 2 is 2.13 bits per heavy atom. The third-order valence-electron chi connectivity index (χ3n) is 2.79. The molecule has 0 bridgehead atoms. The zero-order valence-electron chi connectivity index (χ0n) is 8.82. The molecule has 0 saturated heterocycles. The number of hydrogen-bond donors (Lipinski definition) is 0. The highest BCUT2D eigenvalue weighted by molar-refractivity contribution is 6.18. The molecule has 0 radical (unpaired) electrons. The van der Waals surface area contributed by atoms with Crippen LogP contribution in [0.2, 0.25) is 0 Å². The SMILES string of the molecule is ClCC=CCN1CCCc2ccccc21. The molecule has 1 nitrogen and oxygen atoms in total. The first-order valence-corrected chi connectivity index (χ1v) is 5.99. The van der Waals surface area contributed by atoms with Gasteiger partial charge in [0.1, 0.15) is 0 Å². The second kappa shape index (κ2) is 5.22. The van der Waals surface area contributed by atoms with Gasteiger partial charge in [0, 0.05) is 24.7 Å². The maximum Gasteiger partial charge on any atom is 0.0404 e. The van der Waals surface area contributed by atoms with Crippen molar-refractivity contribution in [1.82, 2.24) is 0 Å². The van der Waals surface area contributed by atoms with E-state index in [9.17, 15) is 0 Å². The maximum absolute atomic E-state index is 5.61. The van der Waals surface area contributed by atoms with Crippen molar-refractivity contribution in [2.24, 2.45) is 0 Å². The zero-order chi connectivity index (χ0) is 10.5. The van der Waals surface area contributed by atoms with E-state index in [1.807, 2.05) is 6.08 Å². The second-order valence-electron chi connectivity index (χ2n) is 3.80. The van der Waals surface area contributed by atoms with Crippen LogP contribution in [0.4, 0.5) is 5.69 Å². The number of alkyl halides is 1. The van der Waals surface area contributed by atoms with Crippen LogP contribution in [-0.4, -0.2) is 19.0 Å². The standard InChI is InChI=1S/C13H16ClN/c14-9-3-4-10-15-11-5-7-12-6-1-2-8-13(12)15/h1-4,6,8H,5,7,9-11H2. The first-order valence-electron chi connectivity index (χ1n) is 5.45. The minimum atomic E-state index is 0.607. The Labute approximate surface area is 96.4 Å². The molecule has 0 N–H and O–H groups in total. The van der Waals surface area contributed by atoms with E-state index in [1.165, 1.54) is 24.1 Å². The van der Waals surface area contributed by atoms with Gasteiger partial charge in [0.15, 0.2) is 0 Å². The van der Waals surface area contributed by atoms with E-state index in [0.29, 0.717) is 5.88 Å². The molecule has 15 heavy (non-hydrogen) atoms. The lowest BCUT2D eigenvalue weighted by Crippen LogP contribution is -2.29. The fraction of sp³-hybridized carbons (Fsp3) is 0.385. The molecule has 0 spiro atoms. The van der Waals surface area contributed by atoms with Crippen LogP contribution in [0.15, 0.2) is 36.4 Å². The minimum Gasteiger partial charge on any atom is -0.368 e. The van der Waals surface area contributed by atoms with E-state index < -0.39 is 0 Å². The van der Waals surface area contributed by atoms with Crippen LogP contribution in [0, 0.1) is 0 Å². The Balaban J connectivity index is 2.11. The number of para-hydroxylation sites is 1. The van der Waals surface area contributed by atoms with Crippen molar-refractivity contribution in [3.05, 3.63) is 42.0 Å². The lowest BCUT2D eigenvalue weighted by molar-refractivity contribution is 0.722. The van der Waals surface area contributed by atoms with Gasteiger partial charge in [-0.25, -0.2) is 0 Å². The zero-order valence-corrected chi connectivity index (χ0v) is 9.58. The average molecular weight is 222 g/mol. The molecule has 1 aliphatic heterocycles. The number of halogens is 1. The summed E-state index contributed by atoms with van der Waals surface area (Å²) in [5.41, 5.74) is 2.87. The van der Waals surface area contributed by atoms with E-state index in [1.54, 1.807) is 0 Å². The summed E-state index contributed by atoms with van der Waals surface area (Å²) in [6, 6.07) is 8.68. The Morgan fingerprint density at radius 1 is 1.27 bits per heavy atom. The van der Waals surface area contributed by atoms with Crippen molar-refractivity contribution in [2.75, 3.05) is 23.9 Å². The summed E-state index contributed by atoms with van der Waals surface area (Å²) in [6.45, 7) is 2.13. The van der Waals surface area contributed by atoms with E-state index >= 15 is 0 Å². The van der Waals surface area contributed by atoms with Crippen molar-refractivity contribution >= 4 is 17.3 Å². The van der Waals surface area contributed by atoms with Crippen LogP contribution in [0.25, 0.3) is 0 Å². The van der Waals surface area contributed by atoms with Gasteiger partial charge in [-0.2, -0.15) is 0 Å². The molecular formula is C13H16ClN. The van der Waals surface area contributed by atoms with Crippen molar-refractivity contribution in [3.63, 3.8) is 0 Å². The molecule has 0 saturated carbocycles. The number of aryl methyl sites for hydroxylation is 1. The Bertz CT molecular complexity index is 346. The van der Waals surface area contributed by atoms with E-state index in [2.05, 4.69) is 35.2 Å². The first-order chi connectivity index (χ1) is 7.42. The summed E-state index contributed by atoms with van der Waals surface area (Å²) in [4.78, 5) is 2.42. The van der Waals surface area contributed by atoms with Crippen LogP contribution in [0.5, 0.6) is 0 Å². The normalized spacial score (nSPS) is 15.7. The minimum absolute atomic E-state index is 0.607. The van der Waals surface area contributed by atoms with E-state index in [0.717, 1.165) is 13.1 Å². The number of hydrogen-bond acceptors (Lipinski definition) is 1. The highest BCUT2D eigenvalue weighted by Crippen LogP contribution is 2.26. The van der Waals surface area contributed by atoms with Crippen molar-refractivity contribution in [1.29, 1.82) is 0 Å². The third-order valence-corrected chi connectivity index (χ3v) is 2.97. The largest absolute Gasteiger partial charge is 0.368 e. The van der Waals surface area contributed by atoms with Gasteiger partial charge >= 0.3 is 0 Å². The van der Waals surface area contributed by atoms with Gasteiger partial charge in [-0.05, 0) is 24.5 Å². The molecule has 1 aromatic carbocycles. The topological polar surface area (TPSA) is 3.24 Å². The predicted octanol–water partition coefficient (Wildman–Crippen LogP) is 3.23. The lowest BCUT2D eigenvalue weighted by Gasteiger charge is -2.30. The van der Waals surface area contributed by atoms with Crippen molar-refractivity contribution in [2.45, 2.75) is 12.8 Å². The Morgan fingerprint density at radius 3 is 3.00 bits per heavy atom. The molecule has 0 amide bonds. The number of fused-ring (bicyclic) bond motifs is 1. The molecule has 80 valence electrons. The van der Waals surface area contributed by atoms with Gasteiger partial charge in [-0.15, -0.1) is 11.6 Å². The monoisotopic (exact) mass is 221 g/mol. The van der Waals surface area contributed by atoms with Crippen LogP contribution in [0.1, 0.15) is 12.0 Å². The maximum atomic E-state index is 5.61. The number of rotatable bonds is 3. The molecule has 0 aromatic heterocycles. The number of benzene rings is 1. The van der Waals surface area contributed by atoms with E-state index in [4.69, 9.17) is 11.6 Å². The Hall–Kier alpha value is -0.950. The van der Waals surface area contributed by atoms with E-state index in [-0.39, 0.29) is 0 Å². The average Bonchev–Trinajstić information content (AvgIpc) is 2.30. The molecule has 0 unspecified atom stereocenters. The highest BCUT2D eigenvalue weighted by atomic mass is 35.5. The van der Waals surface area contributed by atoms with Gasteiger partial charge in [-0.1, -0.05) is 30.4 Å². The van der Waals surface area contributed by atoms with Crippen LogP contribution in [-0.2, 0) is 6.42 Å². The first kappa shape index (κ1) is 10.6.